The predicted octanol–water partition coefficient (Wildman–Crippen LogP) is 5.37. The summed E-state index contributed by atoms with van der Waals surface area (Å²) in [7, 11) is -3.78. The molecule has 4 aromatic rings. The largest absolute Gasteiger partial charge is 0.384 e. The summed E-state index contributed by atoms with van der Waals surface area (Å²) in [6.07, 6.45) is 0. The Balaban J connectivity index is 1.13. The van der Waals surface area contributed by atoms with Crippen molar-refractivity contribution in [3.63, 3.8) is 0 Å². The van der Waals surface area contributed by atoms with Crippen LogP contribution in [0.25, 0.3) is 0 Å². The van der Waals surface area contributed by atoms with Crippen LogP contribution in [0.3, 0.4) is 0 Å². The number of nitrogens with zero attached hydrogens (tertiary/aromatic N) is 4. The van der Waals surface area contributed by atoms with E-state index in [1.807, 2.05) is 12.1 Å². The molecule has 0 bridgehead atoms. The standard InChI is InChI=1S/C31H35ClN6O2S/c1-23-22-24(2)35-31(34-23)36-41(39,40)29-14-12-28(13-15-29)33-16-17-37-18-20-38(21-19-37)30(25-6-4-3-5-7-25)26-8-10-27(32)11-9-26/h3-15,22,30,33H,16-21H2,1-2H3,(H,34,35,36)/t30-/m1/s1. The molecular weight excluding hydrogens is 556 g/mol. The van der Waals surface area contributed by atoms with Crippen LogP contribution in [-0.2, 0) is 10.0 Å². The molecule has 1 aliphatic heterocycles. The average Bonchev–Trinajstić information content (AvgIpc) is 2.95. The van der Waals surface area contributed by atoms with Gasteiger partial charge in [0.05, 0.1) is 10.9 Å². The van der Waals surface area contributed by atoms with Crippen molar-refractivity contribution in [1.29, 1.82) is 0 Å². The van der Waals surface area contributed by atoms with Crippen molar-refractivity contribution >= 4 is 33.3 Å². The summed E-state index contributed by atoms with van der Waals surface area (Å²) in [5.41, 5.74) is 4.81. The summed E-state index contributed by atoms with van der Waals surface area (Å²) in [4.78, 5) is 13.5. The first-order valence-corrected chi connectivity index (χ1v) is 15.6. The summed E-state index contributed by atoms with van der Waals surface area (Å²) in [5, 5.41) is 4.17. The number of nitrogens with one attached hydrogen (secondary N) is 2. The fraction of sp³-hybridized carbons (Fsp3) is 0.290. The molecule has 1 saturated heterocycles. The Labute approximate surface area is 247 Å². The van der Waals surface area contributed by atoms with Crippen LogP contribution < -0.4 is 10.0 Å². The predicted molar refractivity (Wildman–Crippen MR) is 165 cm³/mol. The third kappa shape index (κ3) is 7.62. The maximum absolute atomic E-state index is 12.8. The molecule has 10 heteroatoms. The van der Waals surface area contributed by atoms with Gasteiger partial charge in [-0.2, -0.15) is 0 Å². The summed E-state index contributed by atoms with van der Waals surface area (Å²) in [6, 6.07) is 27.5. The van der Waals surface area contributed by atoms with E-state index in [0.29, 0.717) is 11.4 Å². The highest BCUT2D eigenvalue weighted by molar-refractivity contribution is 7.92. The lowest BCUT2D eigenvalue weighted by Gasteiger charge is -2.40. The molecule has 0 radical (unpaired) electrons. The van der Waals surface area contributed by atoms with E-state index in [9.17, 15) is 8.42 Å². The van der Waals surface area contributed by atoms with Gasteiger partial charge in [-0.25, -0.2) is 23.1 Å². The molecule has 8 nitrogen and oxygen atoms in total. The molecule has 0 amide bonds. The number of aromatic nitrogens is 2. The molecule has 214 valence electrons. The van der Waals surface area contributed by atoms with Gasteiger partial charge in [-0.05, 0) is 67.4 Å². The molecule has 1 aromatic heterocycles. The molecular formula is C31H35ClN6O2S. The fourth-order valence-corrected chi connectivity index (χ4v) is 6.27. The van der Waals surface area contributed by atoms with E-state index in [4.69, 9.17) is 11.6 Å². The second-order valence-corrected chi connectivity index (χ2v) is 12.4. The minimum absolute atomic E-state index is 0.0769. The lowest BCUT2D eigenvalue weighted by molar-refractivity contribution is 0.112. The first kappa shape index (κ1) is 29.0. The fourth-order valence-electron chi connectivity index (χ4n) is 5.20. The average molecular weight is 591 g/mol. The summed E-state index contributed by atoms with van der Waals surface area (Å²) >= 11 is 6.17. The smallest absolute Gasteiger partial charge is 0.264 e. The number of rotatable bonds is 10. The van der Waals surface area contributed by atoms with Gasteiger partial charge in [0.2, 0.25) is 5.95 Å². The van der Waals surface area contributed by atoms with E-state index in [0.717, 1.165) is 50.0 Å². The van der Waals surface area contributed by atoms with Crippen molar-refractivity contribution in [2.75, 3.05) is 49.3 Å². The van der Waals surface area contributed by atoms with Crippen molar-refractivity contribution < 1.29 is 8.42 Å². The van der Waals surface area contributed by atoms with Crippen molar-refractivity contribution in [1.82, 2.24) is 19.8 Å². The molecule has 41 heavy (non-hydrogen) atoms. The van der Waals surface area contributed by atoms with Gasteiger partial charge in [-0.1, -0.05) is 54.1 Å². The maximum Gasteiger partial charge on any atom is 0.264 e. The number of hydrogen-bond acceptors (Lipinski definition) is 7. The highest BCUT2D eigenvalue weighted by atomic mass is 35.5. The Morgan fingerprint density at radius 2 is 1.44 bits per heavy atom. The highest BCUT2D eigenvalue weighted by Crippen LogP contribution is 2.30. The lowest BCUT2D eigenvalue weighted by atomic mass is 9.96. The quantitative estimate of drug-likeness (QED) is 0.257. The topological polar surface area (TPSA) is 90.5 Å². The number of piperazine rings is 1. The molecule has 1 aliphatic rings. The van der Waals surface area contributed by atoms with Crippen LogP contribution in [0.2, 0.25) is 5.02 Å². The second kappa shape index (κ2) is 13.0. The van der Waals surface area contributed by atoms with Crippen LogP contribution in [0.4, 0.5) is 11.6 Å². The molecule has 0 spiro atoms. The van der Waals surface area contributed by atoms with Crippen LogP contribution in [0, 0.1) is 13.8 Å². The van der Waals surface area contributed by atoms with Crippen molar-refractivity contribution in [3.8, 4) is 0 Å². The van der Waals surface area contributed by atoms with Crippen molar-refractivity contribution in [2.45, 2.75) is 24.8 Å². The van der Waals surface area contributed by atoms with Crippen LogP contribution >= 0.6 is 11.6 Å². The first-order chi connectivity index (χ1) is 19.8. The number of halogens is 1. The Morgan fingerprint density at radius 3 is 2.07 bits per heavy atom. The van der Waals surface area contributed by atoms with Crippen molar-refractivity contribution in [3.05, 3.63) is 112 Å². The minimum atomic E-state index is -3.78. The zero-order chi connectivity index (χ0) is 28.8. The molecule has 1 atom stereocenters. The third-order valence-electron chi connectivity index (χ3n) is 7.20. The number of anilines is 2. The molecule has 5 rings (SSSR count). The van der Waals surface area contributed by atoms with Crippen LogP contribution in [-0.4, -0.2) is 67.5 Å². The van der Waals surface area contributed by atoms with Crippen LogP contribution in [0.5, 0.6) is 0 Å². The zero-order valence-electron chi connectivity index (χ0n) is 23.3. The Kier molecular flexibility index (Phi) is 9.19. The normalized spacial score (nSPS) is 15.4. The van der Waals surface area contributed by atoms with Gasteiger partial charge < -0.3 is 5.32 Å². The van der Waals surface area contributed by atoms with E-state index in [-0.39, 0.29) is 16.9 Å². The Morgan fingerprint density at radius 1 is 0.829 bits per heavy atom. The monoisotopic (exact) mass is 590 g/mol. The molecule has 1 fully saturated rings. The van der Waals surface area contributed by atoms with E-state index < -0.39 is 10.0 Å². The SMILES string of the molecule is Cc1cc(C)nc(NS(=O)(=O)c2ccc(NCCN3CCN([C@H](c4ccccc4)c4ccc(Cl)cc4)CC3)cc2)n1. The molecule has 0 unspecified atom stereocenters. The molecule has 3 aromatic carbocycles. The molecule has 0 aliphatic carbocycles. The zero-order valence-corrected chi connectivity index (χ0v) is 24.9. The third-order valence-corrected chi connectivity index (χ3v) is 8.80. The van der Waals surface area contributed by atoms with Gasteiger partial charge in [0.15, 0.2) is 0 Å². The summed E-state index contributed by atoms with van der Waals surface area (Å²) in [6.45, 7) is 9.14. The Hall–Kier alpha value is -3.50. The van der Waals surface area contributed by atoms with E-state index in [1.54, 1.807) is 44.2 Å². The molecule has 0 saturated carbocycles. The Bertz CT molecular complexity index is 1520. The van der Waals surface area contributed by atoms with Crippen molar-refractivity contribution in [2.24, 2.45) is 0 Å². The van der Waals surface area contributed by atoms with E-state index >= 15 is 0 Å². The van der Waals surface area contributed by atoms with Gasteiger partial charge >= 0.3 is 0 Å². The number of hydrogen-bond donors (Lipinski definition) is 2. The highest BCUT2D eigenvalue weighted by Gasteiger charge is 2.26. The van der Waals surface area contributed by atoms with Gasteiger partial charge in [-0.3, -0.25) is 9.80 Å². The number of aryl methyl sites for hydroxylation is 2. The number of sulfonamides is 1. The van der Waals surface area contributed by atoms with Gasteiger partial charge in [-0.15, -0.1) is 0 Å². The van der Waals surface area contributed by atoms with Gasteiger partial charge in [0.25, 0.3) is 10.0 Å². The van der Waals surface area contributed by atoms with E-state index in [1.165, 1.54) is 11.1 Å². The summed E-state index contributed by atoms with van der Waals surface area (Å²) in [5.74, 6) is 0.0769. The first-order valence-electron chi connectivity index (χ1n) is 13.7. The van der Waals surface area contributed by atoms with E-state index in [2.05, 4.69) is 72.3 Å². The summed E-state index contributed by atoms with van der Waals surface area (Å²) < 4.78 is 28.1. The maximum atomic E-state index is 12.8. The molecule has 2 N–H and O–H groups in total. The number of benzene rings is 3. The second-order valence-electron chi connectivity index (χ2n) is 10.3. The lowest BCUT2D eigenvalue weighted by Crippen LogP contribution is -2.48. The van der Waals surface area contributed by atoms with Gasteiger partial charge in [0, 0.05) is 61.4 Å². The van der Waals surface area contributed by atoms with Crippen LogP contribution in [0.1, 0.15) is 28.6 Å². The molecule has 2 heterocycles. The minimum Gasteiger partial charge on any atom is -0.384 e. The van der Waals surface area contributed by atoms with Gasteiger partial charge in [0.1, 0.15) is 0 Å². The van der Waals surface area contributed by atoms with Crippen LogP contribution in [0.15, 0.2) is 89.8 Å².